The fourth-order valence-corrected chi connectivity index (χ4v) is 1.73. The minimum absolute atomic E-state index is 0.326. The van der Waals surface area contributed by atoms with Crippen LogP contribution in [0.1, 0.15) is 12.5 Å². The number of carbonyl (C=O) groups excluding carboxylic acids is 1. The van der Waals surface area contributed by atoms with E-state index in [1.165, 1.54) is 6.08 Å². The van der Waals surface area contributed by atoms with E-state index in [1.807, 2.05) is 30.3 Å². The van der Waals surface area contributed by atoms with Crippen molar-refractivity contribution in [1.82, 2.24) is 0 Å². The molecule has 2 aromatic carbocycles. The Hall–Kier alpha value is -2.75. The zero-order valence-corrected chi connectivity index (χ0v) is 11.8. The Morgan fingerprint density at radius 1 is 1.05 bits per heavy atom. The van der Waals surface area contributed by atoms with Crippen LogP contribution in [-0.2, 0) is 9.53 Å². The standard InChI is InChI=1S/C17H17NO3/c1-2-20-17(19)12-16(18)13-8-10-15(11-9-13)21-14-6-4-3-5-7-14/h3-12H,2,18H2,1H3/b16-12-. The van der Waals surface area contributed by atoms with E-state index in [0.717, 1.165) is 11.3 Å². The number of esters is 1. The molecular formula is C17H17NO3. The summed E-state index contributed by atoms with van der Waals surface area (Å²) in [7, 11) is 0. The predicted octanol–water partition coefficient (Wildman–Crippen LogP) is 3.34. The van der Waals surface area contributed by atoms with Crippen LogP contribution >= 0.6 is 0 Å². The van der Waals surface area contributed by atoms with Gasteiger partial charge in [0.15, 0.2) is 0 Å². The average molecular weight is 283 g/mol. The van der Waals surface area contributed by atoms with E-state index in [4.69, 9.17) is 15.2 Å². The SMILES string of the molecule is CCOC(=O)/C=C(\N)c1ccc(Oc2ccccc2)cc1. The van der Waals surface area contributed by atoms with Crippen molar-refractivity contribution < 1.29 is 14.3 Å². The molecule has 0 aromatic heterocycles. The molecular weight excluding hydrogens is 266 g/mol. The topological polar surface area (TPSA) is 61.5 Å². The van der Waals surface area contributed by atoms with Crippen LogP contribution in [0, 0.1) is 0 Å². The fourth-order valence-electron chi connectivity index (χ4n) is 1.73. The summed E-state index contributed by atoms with van der Waals surface area (Å²) in [5.74, 6) is 1.02. The Morgan fingerprint density at radius 3 is 2.29 bits per heavy atom. The summed E-state index contributed by atoms with van der Waals surface area (Å²) >= 11 is 0. The van der Waals surface area contributed by atoms with E-state index < -0.39 is 5.97 Å². The molecule has 0 aliphatic rings. The molecule has 2 aromatic rings. The molecule has 0 heterocycles. The number of ether oxygens (including phenoxy) is 2. The van der Waals surface area contributed by atoms with Gasteiger partial charge in [0.2, 0.25) is 0 Å². The van der Waals surface area contributed by atoms with Crippen molar-refractivity contribution >= 4 is 11.7 Å². The molecule has 0 bridgehead atoms. The molecule has 0 unspecified atom stereocenters. The Labute approximate surface area is 123 Å². The van der Waals surface area contributed by atoms with Crippen molar-refractivity contribution in [3.63, 3.8) is 0 Å². The lowest BCUT2D eigenvalue weighted by Gasteiger charge is -2.07. The van der Waals surface area contributed by atoms with Crippen LogP contribution in [0.3, 0.4) is 0 Å². The van der Waals surface area contributed by atoms with E-state index >= 15 is 0 Å². The van der Waals surface area contributed by atoms with Crippen LogP contribution in [0.2, 0.25) is 0 Å². The second-order valence-electron chi connectivity index (χ2n) is 4.29. The van der Waals surface area contributed by atoms with Gasteiger partial charge in [-0.3, -0.25) is 0 Å². The minimum atomic E-state index is -0.445. The first-order valence-electron chi connectivity index (χ1n) is 6.66. The molecule has 0 saturated heterocycles. The lowest BCUT2D eigenvalue weighted by molar-refractivity contribution is -0.137. The van der Waals surface area contributed by atoms with Gasteiger partial charge in [-0.1, -0.05) is 18.2 Å². The highest BCUT2D eigenvalue weighted by atomic mass is 16.5. The lowest BCUT2D eigenvalue weighted by atomic mass is 10.1. The van der Waals surface area contributed by atoms with Crippen molar-refractivity contribution in [3.05, 3.63) is 66.2 Å². The number of carbonyl (C=O) groups is 1. The summed E-state index contributed by atoms with van der Waals surface area (Å²) < 4.78 is 10.5. The third-order valence-electron chi connectivity index (χ3n) is 2.73. The molecule has 0 aliphatic heterocycles. The van der Waals surface area contributed by atoms with Crippen LogP contribution in [0.25, 0.3) is 5.70 Å². The molecule has 2 rings (SSSR count). The van der Waals surface area contributed by atoms with Gasteiger partial charge in [-0.25, -0.2) is 4.79 Å². The lowest BCUT2D eigenvalue weighted by Crippen LogP contribution is -2.05. The Bertz CT molecular complexity index is 618. The quantitative estimate of drug-likeness (QED) is 0.675. The number of hydrogen-bond acceptors (Lipinski definition) is 4. The fraction of sp³-hybridized carbons (Fsp3) is 0.118. The zero-order valence-electron chi connectivity index (χ0n) is 11.8. The van der Waals surface area contributed by atoms with Gasteiger partial charge in [0.1, 0.15) is 11.5 Å². The van der Waals surface area contributed by atoms with Gasteiger partial charge >= 0.3 is 5.97 Å². The summed E-state index contributed by atoms with van der Waals surface area (Å²) in [5, 5.41) is 0. The Kier molecular flexibility index (Phi) is 4.99. The summed E-state index contributed by atoms with van der Waals surface area (Å²) in [6.07, 6.45) is 1.27. The van der Waals surface area contributed by atoms with E-state index in [-0.39, 0.29) is 0 Å². The van der Waals surface area contributed by atoms with Crippen molar-refractivity contribution in [2.24, 2.45) is 5.73 Å². The van der Waals surface area contributed by atoms with E-state index in [1.54, 1.807) is 31.2 Å². The maximum atomic E-state index is 11.3. The van der Waals surface area contributed by atoms with Gasteiger partial charge in [-0.15, -0.1) is 0 Å². The maximum absolute atomic E-state index is 11.3. The molecule has 0 spiro atoms. The molecule has 2 N–H and O–H groups in total. The summed E-state index contributed by atoms with van der Waals surface area (Å²) in [6.45, 7) is 2.07. The van der Waals surface area contributed by atoms with Crippen molar-refractivity contribution in [2.75, 3.05) is 6.61 Å². The van der Waals surface area contributed by atoms with Crippen molar-refractivity contribution in [1.29, 1.82) is 0 Å². The largest absolute Gasteiger partial charge is 0.463 e. The highest BCUT2D eigenvalue weighted by Crippen LogP contribution is 2.22. The second kappa shape index (κ2) is 7.14. The van der Waals surface area contributed by atoms with Crippen LogP contribution in [0.15, 0.2) is 60.7 Å². The number of rotatable bonds is 5. The second-order valence-corrected chi connectivity index (χ2v) is 4.29. The molecule has 108 valence electrons. The van der Waals surface area contributed by atoms with Gasteiger partial charge in [0, 0.05) is 11.8 Å². The van der Waals surface area contributed by atoms with E-state index in [2.05, 4.69) is 0 Å². The number of hydrogen-bond donors (Lipinski definition) is 1. The third-order valence-corrected chi connectivity index (χ3v) is 2.73. The van der Waals surface area contributed by atoms with E-state index in [9.17, 15) is 4.79 Å². The highest BCUT2D eigenvalue weighted by Gasteiger charge is 2.03. The number of benzene rings is 2. The molecule has 0 saturated carbocycles. The van der Waals surface area contributed by atoms with Crippen LogP contribution in [0.4, 0.5) is 0 Å². The maximum Gasteiger partial charge on any atom is 0.332 e. The van der Waals surface area contributed by atoms with Crippen LogP contribution in [0.5, 0.6) is 11.5 Å². The number of nitrogens with two attached hydrogens (primary N) is 1. The Morgan fingerprint density at radius 2 is 1.67 bits per heavy atom. The van der Waals surface area contributed by atoms with Gasteiger partial charge in [0.05, 0.1) is 6.61 Å². The normalized spacial score (nSPS) is 11.0. The van der Waals surface area contributed by atoms with Crippen molar-refractivity contribution in [2.45, 2.75) is 6.92 Å². The first kappa shape index (κ1) is 14.7. The van der Waals surface area contributed by atoms with Gasteiger partial charge in [-0.2, -0.15) is 0 Å². The zero-order chi connectivity index (χ0) is 15.1. The molecule has 4 nitrogen and oxygen atoms in total. The van der Waals surface area contributed by atoms with Crippen LogP contribution in [-0.4, -0.2) is 12.6 Å². The molecule has 0 aliphatic carbocycles. The first-order chi connectivity index (χ1) is 10.2. The number of para-hydroxylation sites is 1. The summed E-state index contributed by atoms with van der Waals surface area (Å²) in [4.78, 5) is 11.3. The predicted molar refractivity (Wildman–Crippen MR) is 81.8 cm³/mol. The molecule has 4 heteroatoms. The van der Waals surface area contributed by atoms with Crippen molar-refractivity contribution in [3.8, 4) is 11.5 Å². The molecule has 0 fully saturated rings. The molecule has 0 atom stereocenters. The average Bonchev–Trinajstić information content (AvgIpc) is 2.49. The third kappa shape index (κ3) is 4.38. The van der Waals surface area contributed by atoms with Gasteiger partial charge in [0.25, 0.3) is 0 Å². The Balaban J connectivity index is 2.06. The highest BCUT2D eigenvalue weighted by molar-refractivity contribution is 5.90. The molecule has 0 radical (unpaired) electrons. The smallest absolute Gasteiger partial charge is 0.332 e. The minimum Gasteiger partial charge on any atom is -0.463 e. The summed E-state index contributed by atoms with van der Waals surface area (Å²) in [5.41, 5.74) is 6.95. The molecule has 0 amide bonds. The summed E-state index contributed by atoms with van der Waals surface area (Å²) in [6, 6.07) is 16.7. The van der Waals surface area contributed by atoms with Gasteiger partial charge < -0.3 is 15.2 Å². The van der Waals surface area contributed by atoms with Crippen LogP contribution < -0.4 is 10.5 Å². The first-order valence-corrected chi connectivity index (χ1v) is 6.66. The van der Waals surface area contributed by atoms with E-state index in [0.29, 0.717) is 18.1 Å². The van der Waals surface area contributed by atoms with Gasteiger partial charge in [-0.05, 0) is 48.9 Å². The monoisotopic (exact) mass is 283 g/mol. The molecule has 21 heavy (non-hydrogen) atoms.